The Labute approximate surface area is 125 Å². The summed E-state index contributed by atoms with van der Waals surface area (Å²) in [6.45, 7) is 4.05. The van der Waals surface area contributed by atoms with Gasteiger partial charge in [0, 0.05) is 5.02 Å². The molecular formula is C17H20ClNO. The van der Waals surface area contributed by atoms with Gasteiger partial charge in [0.25, 0.3) is 0 Å². The standard InChI is InChI=1S/C17H20ClNO/c1-12(2)20-16-9-5-7-14(11-16)17(19-3)13-6-4-8-15(18)10-13/h4-12,17,19H,1-3H3. The Morgan fingerprint density at radius 1 is 1.00 bits per heavy atom. The van der Waals surface area contributed by atoms with Crippen molar-refractivity contribution in [2.24, 2.45) is 0 Å². The number of hydrogen-bond donors (Lipinski definition) is 1. The molecule has 2 rings (SSSR count). The first-order chi connectivity index (χ1) is 9.60. The normalized spacial score (nSPS) is 12.4. The summed E-state index contributed by atoms with van der Waals surface area (Å²) in [5.41, 5.74) is 2.30. The molecule has 3 heteroatoms. The number of ether oxygens (including phenoxy) is 1. The maximum Gasteiger partial charge on any atom is 0.120 e. The monoisotopic (exact) mass is 289 g/mol. The number of halogens is 1. The van der Waals surface area contributed by atoms with E-state index in [4.69, 9.17) is 16.3 Å². The van der Waals surface area contributed by atoms with Gasteiger partial charge >= 0.3 is 0 Å². The molecule has 0 aliphatic heterocycles. The summed E-state index contributed by atoms with van der Waals surface area (Å²) in [7, 11) is 1.95. The molecule has 0 saturated carbocycles. The van der Waals surface area contributed by atoms with Gasteiger partial charge in [-0.2, -0.15) is 0 Å². The van der Waals surface area contributed by atoms with E-state index in [1.54, 1.807) is 0 Å². The molecule has 2 aromatic carbocycles. The molecule has 0 amide bonds. The highest BCUT2D eigenvalue weighted by Crippen LogP contribution is 2.27. The van der Waals surface area contributed by atoms with Crippen LogP contribution in [0.2, 0.25) is 5.02 Å². The largest absolute Gasteiger partial charge is 0.491 e. The second kappa shape index (κ2) is 6.78. The molecule has 0 spiro atoms. The molecule has 0 aliphatic rings. The Morgan fingerprint density at radius 2 is 1.65 bits per heavy atom. The van der Waals surface area contributed by atoms with Gasteiger partial charge in [-0.15, -0.1) is 0 Å². The van der Waals surface area contributed by atoms with Gasteiger partial charge in [0.05, 0.1) is 12.1 Å². The van der Waals surface area contributed by atoms with Crippen molar-refractivity contribution >= 4 is 11.6 Å². The van der Waals surface area contributed by atoms with Crippen LogP contribution in [0.1, 0.15) is 31.0 Å². The van der Waals surface area contributed by atoms with Crippen molar-refractivity contribution in [3.05, 3.63) is 64.7 Å². The summed E-state index contributed by atoms with van der Waals surface area (Å²) in [5.74, 6) is 0.889. The predicted molar refractivity (Wildman–Crippen MR) is 84.6 cm³/mol. The molecule has 0 radical (unpaired) electrons. The molecular weight excluding hydrogens is 270 g/mol. The van der Waals surface area contributed by atoms with Gasteiger partial charge in [0.1, 0.15) is 5.75 Å². The first kappa shape index (κ1) is 14.9. The summed E-state index contributed by atoms with van der Waals surface area (Å²) in [6, 6.07) is 16.2. The Bertz CT molecular complexity index is 568. The summed E-state index contributed by atoms with van der Waals surface area (Å²) < 4.78 is 5.76. The lowest BCUT2D eigenvalue weighted by Gasteiger charge is -2.19. The molecule has 0 bridgehead atoms. The zero-order valence-corrected chi connectivity index (χ0v) is 12.8. The van der Waals surface area contributed by atoms with Crippen molar-refractivity contribution in [3.8, 4) is 5.75 Å². The minimum absolute atomic E-state index is 0.101. The van der Waals surface area contributed by atoms with E-state index in [0.29, 0.717) is 0 Å². The molecule has 0 aromatic heterocycles. The molecule has 2 aromatic rings. The third-order valence-electron chi connectivity index (χ3n) is 3.03. The SMILES string of the molecule is CNC(c1cccc(Cl)c1)c1cccc(OC(C)C)c1. The molecule has 0 fully saturated rings. The molecule has 1 unspecified atom stereocenters. The summed E-state index contributed by atoms with van der Waals surface area (Å²) in [5, 5.41) is 4.08. The van der Waals surface area contributed by atoms with Crippen LogP contribution < -0.4 is 10.1 Å². The third-order valence-corrected chi connectivity index (χ3v) is 3.27. The summed E-state index contributed by atoms with van der Waals surface area (Å²) >= 11 is 6.08. The zero-order valence-electron chi connectivity index (χ0n) is 12.1. The van der Waals surface area contributed by atoms with Crippen LogP contribution in [0.15, 0.2) is 48.5 Å². The molecule has 0 saturated heterocycles. The smallest absolute Gasteiger partial charge is 0.120 e. The zero-order chi connectivity index (χ0) is 14.5. The van der Waals surface area contributed by atoms with E-state index in [1.165, 1.54) is 0 Å². The van der Waals surface area contributed by atoms with Gasteiger partial charge in [-0.1, -0.05) is 35.9 Å². The van der Waals surface area contributed by atoms with Crippen LogP contribution in [0, 0.1) is 0 Å². The maximum absolute atomic E-state index is 6.08. The van der Waals surface area contributed by atoms with Gasteiger partial charge in [-0.25, -0.2) is 0 Å². The lowest BCUT2D eigenvalue weighted by Crippen LogP contribution is -2.17. The molecule has 0 heterocycles. The van der Waals surface area contributed by atoms with E-state index in [9.17, 15) is 0 Å². The van der Waals surface area contributed by atoms with Crippen molar-refractivity contribution in [2.45, 2.75) is 26.0 Å². The first-order valence-electron chi connectivity index (χ1n) is 6.79. The second-order valence-electron chi connectivity index (χ2n) is 5.02. The first-order valence-corrected chi connectivity index (χ1v) is 7.17. The molecule has 106 valence electrons. The van der Waals surface area contributed by atoms with Crippen LogP contribution in [-0.4, -0.2) is 13.2 Å². The van der Waals surface area contributed by atoms with Gasteiger partial charge in [-0.05, 0) is 56.3 Å². The molecule has 1 atom stereocenters. The quantitative estimate of drug-likeness (QED) is 0.879. The fourth-order valence-electron chi connectivity index (χ4n) is 2.25. The van der Waals surface area contributed by atoms with E-state index in [-0.39, 0.29) is 12.1 Å². The highest BCUT2D eigenvalue weighted by atomic mass is 35.5. The molecule has 20 heavy (non-hydrogen) atoms. The van der Waals surface area contributed by atoms with E-state index >= 15 is 0 Å². The number of benzene rings is 2. The Kier molecular flexibility index (Phi) is 5.05. The van der Waals surface area contributed by atoms with Crippen LogP contribution in [0.4, 0.5) is 0 Å². The number of nitrogens with one attached hydrogen (secondary N) is 1. The van der Waals surface area contributed by atoms with Crippen molar-refractivity contribution in [3.63, 3.8) is 0 Å². The van der Waals surface area contributed by atoms with Crippen molar-refractivity contribution in [2.75, 3.05) is 7.05 Å². The average molecular weight is 290 g/mol. The third kappa shape index (κ3) is 3.75. The van der Waals surface area contributed by atoms with Gasteiger partial charge < -0.3 is 10.1 Å². The second-order valence-corrected chi connectivity index (χ2v) is 5.45. The highest BCUT2D eigenvalue weighted by Gasteiger charge is 2.13. The lowest BCUT2D eigenvalue weighted by molar-refractivity contribution is 0.242. The summed E-state index contributed by atoms with van der Waals surface area (Å²) in [6.07, 6.45) is 0.171. The molecule has 0 aliphatic carbocycles. The van der Waals surface area contributed by atoms with E-state index in [2.05, 4.69) is 23.5 Å². The van der Waals surface area contributed by atoms with Crippen molar-refractivity contribution < 1.29 is 4.74 Å². The molecule has 2 nitrogen and oxygen atoms in total. The minimum Gasteiger partial charge on any atom is -0.491 e. The van der Waals surface area contributed by atoms with Crippen LogP contribution in [0.5, 0.6) is 5.75 Å². The topological polar surface area (TPSA) is 21.3 Å². The van der Waals surface area contributed by atoms with Gasteiger partial charge in [0.2, 0.25) is 0 Å². The predicted octanol–water partition coefficient (Wildman–Crippen LogP) is 4.44. The van der Waals surface area contributed by atoms with Crippen molar-refractivity contribution in [1.82, 2.24) is 5.32 Å². The Hall–Kier alpha value is -1.51. The highest BCUT2D eigenvalue weighted by molar-refractivity contribution is 6.30. The van der Waals surface area contributed by atoms with E-state index in [0.717, 1.165) is 21.9 Å². The summed E-state index contributed by atoms with van der Waals surface area (Å²) in [4.78, 5) is 0. The molecule has 1 N–H and O–H groups in total. The number of rotatable bonds is 5. The van der Waals surface area contributed by atoms with Crippen LogP contribution in [0.25, 0.3) is 0 Å². The van der Waals surface area contributed by atoms with E-state index in [1.807, 2.05) is 51.2 Å². The lowest BCUT2D eigenvalue weighted by atomic mass is 9.99. The van der Waals surface area contributed by atoms with E-state index < -0.39 is 0 Å². The number of hydrogen-bond acceptors (Lipinski definition) is 2. The van der Waals surface area contributed by atoms with Crippen LogP contribution in [0.3, 0.4) is 0 Å². The average Bonchev–Trinajstić information content (AvgIpc) is 2.39. The van der Waals surface area contributed by atoms with Crippen LogP contribution >= 0.6 is 11.6 Å². The maximum atomic E-state index is 6.08. The van der Waals surface area contributed by atoms with Crippen LogP contribution in [-0.2, 0) is 0 Å². The van der Waals surface area contributed by atoms with Crippen molar-refractivity contribution in [1.29, 1.82) is 0 Å². The Morgan fingerprint density at radius 3 is 2.25 bits per heavy atom. The fourth-order valence-corrected chi connectivity index (χ4v) is 2.45. The van der Waals surface area contributed by atoms with Gasteiger partial charge in [-0.3, -0.25) is 0 Å². The minimum atomic E-state index is 0.101. The fraction of sp³-hybridized carbons (Fsp3) is 0.294. The Balaban J connectivity index is 2.32. The van der Waals surface area contributed by atoms with Gasteiger partial charge in [0.15, 0.2) is 0 Å².